The molecule has 1 heterocycles. The highest BCUT2D eigenvalue weighted by Gasteiger charge is 2.21. The molecule has 0 aliphatic carbocycles. The molecule has 0 aliphatic rings. The van der Waals surface area contributed by atoms with Gasteiger partial charge in [0.05, 0.1) is 27.6 Å². The molecule has 2 N–H and O–H groups in total. The first-order valence-corrected chi connectivity index (χ1v) is 12.0. The van der Waals surface area contributed by atoms with E-state index < -0.39 is 20.9 Å². The SMILES string of the molecule is O=C(NCc1ccccc1Cn1cccn1)c1ccccc1NS(=O)(=O)c1cccc([N+](=O)[O-])c1. The second-order valence-electron chi connectivity index (χ2n) is 7.56. The summed E-state index contributed by atoms with van der Waals surface area (Å²) in [6, 6.07) is 20.3. The summed E-state index contributed by atoms with van der Waals surface area (Å²) in [6.45, 7) is 0.765. The Balaban J connectivity index is 1.51. The van der Waals surface area contributed by atoms with Gasteiger partial charge in [0.25, 0.3) is 21.6 Å². The van der Waals surface area contributed by atoms with Crippen LogP contribution in [0, 0.1) is 10.1 Å². The quantitative estimate of drug-likeness (QED) is 0.271. The molecule has 11 heteroatoms. The van der Waals surface area contributed by atoms with Crippen LogP contribution in [0.4, 0.5) is 11.4 Å². The lowest BCUT2D eigenvalue weighted by Crippen LogP contribution is -2.25. The van der Waals surface area contributed by atoms with Crippen LogP contribution < -0.4 is 10.0 Å². The zero-order valence-corrected chi connectivity index (χ0v) is 19.2. The number of para-hydroxylation sites is 1. The number of carbonyl (C=O) groups is 1. The van der Waals surface area contributed by atoms with Crippen LogP contribution in [-0.4, -0.2) is 29.0 Å². The Kier molecular flexibility index (Phi) is 6.88. The Labute approximate surface area is 201 Å². The lowest BCUT2D eigenvalue weighted by atomic mass is 10.1. The summed E-state index contributed by atoms with van der Waals surface area (Å²) in [6.07, 6.45) is 3.54. The first kappa shape index (κ1) is 23.6. The highest BCUT2D eigenvalue weighted by molar-refractivity contribution is 7.92. The molecule has 0 saturated carbocycles. The minimum atomic E-state index is -4.17. The summed E-state index contributed by atoms with van der Waals surface area (Å²) < 4.78 is 29.8. The average Bonchev–Trinajstić information content (AvgIpc) is 3.36. The number of sulfonamides is 1. The van der Waals surface area contributed by atoms with Gasteiger partial charge in [-0.25, -0.2) is 8.42 Å². The first-order chi connectivity index (χ1) is 16.8. The molecule has 0 spiro atoms. The molecule has 3 aromatic carbocycles. The van der Waals surface area contributed by atoms with Crippen molar-refractivity contribution in [2.24, 2.45) is 0 Å². The molecule has 0 radical (unpaired) electrons. The van der Waals surface area contributed by atoms with Gasteiger partial charge >= 0.3 is 0 Å². The summed E-state index contributed by atoms with van der Waals surface area (Å²) in [7, 11) is -4.17. The number of anilines is 1. The number of nitro groups is 1. The molecule has 4 rings (SSSR count). The standard InChI is InChI=1S/C24H21N5O5S/c30-24(25-16-18-7-1-2-8-19(18)17-28-14-6-13-26-28)22-11-3-4-12-23(22)27-35(33,34)21-10-5-9-20(15-21)29(31)32/h1-15,27H,16-17H2,(H,25,30). The van der Waals surface area contributed by atoms with Gasteiger partial charge in [0, 0.05) is 31.1 Å². The number of nitrogens with zero attached hydrogens (tertiary/aromatic N) is 3. The fourth-order valence-electron chi connectivity index (χ4n) is 3.46. The molecule has 0 saturated heterocycles. The minimum absolute atomic E-state index is 0.0568. The second kappa shape index (κ2) is 10.2. The number of nitro benzene ring substituents is 1. The normalized spacial score (nSPS) is 11.1. The molecule has 0 aliphatic heterocycles. The summed E-state index contributed by atoms with van der Waals surface area (Å²) in [4.78, 5) is 23.0. The Morgan fingerprint density at radius 3 is 2.46 bits per heavy atom. The van der Waals surface area contributed by atoms with Crippen molar-refractivity contribution in [1.29, 1.82) is 0 Å². The van der Waals surface area contributed by atoms with Gasteiger partial charge in [-0.1, -0.05) is 42.5 Å². The number of aromatic nitrogens is 2. The lowest BCUT2D eigenvalue weighted by molar-refractivity contribution is -0.385. The molecule has 178 valence electrons. The highest BCUT2D eigenvalue weighted by atomic mass is 32.2. The van der Waals surface area contributed by atoms with Crippen molar-refractivity contribution in [3.8, 4) is 0 Å². The maximum atomic E-state index is 13.0. The maximum Gasteiger partial charge on any atom is 0.270 e. The largest absolute Gasteiger partial charge is 0.348 e. The predicted molar refractivity (Wildman–Crippen MR) is 129 cm³/mol. The van der Waals surface area contributed by atoms with E-state index in [1.54, 1.807) is 23.0 Å². The zero-order chi connectivity index (χ0) is 24.8. The first-order valence-electron chi connectivity index (χ1n) is 10.5. The number of amides is 1. The van der Waals surface area contributed by atoms with Crippen LogP contribution in [0.5, 0.6) is 0 Å². The fraction of sp³-hybridized carbons (Fsp3) is 0.0833. The second-order valence-corrected chi connectivity index (χ2v) is 9.24. The molecule has 0 fully saturated rings. The number of hydrogen-bond acceptors (Lipinski definition) is 6. The number of benzene rings is 3. The van der Waals surface area contributed by atoms with Crippen LogP contribution in [0.2, 0.25) is 0 Å². The van der Waals surface area contributed by atoms with E-state index in [2.05, 4.69) is 15.1 Å². The van der Waals surface area contributed by atoms with Crippen molar-refractivity contribution in [3.63, 3.8) is 0 Å². The Bertz CT molecular complexity index is 1470. The van der Waals surface area contributed by atoms with E-state index in [4.69, 9.17) is 0 Å². The Morgan fingerprint density at radius 2 is 1.71 bits per heavy atom. The van der Waals surface area contributed by atoms with Crippen molar-refractivity contribution < 1.29 is 18.1 Å². The molecule has 35 heavy (non-hydrogen) atoms. The van der Waals surface area contributed by atoms with Crippen molar-refractivity contribution in [2.75, 3.05) is 4.72 Å². The van der Waals surface area contributed by atoms with Crippen LogP contribution in [0.15, 0.2) is 96.2 Å². The van der Waals surface area contributed by atoms with E-state index in [1.165, 1.54) is 30.3 Å². The van der Waals surface area contributed by atoms with E-state index >= 15 is 0 Å². The third-order valence-corrected chi connectivity index (χ3v) is 6.57. The zero-order valence-electron chi connectivity index (χ0n) is 18.4. The van der Waals surface area contributed by atoms with Gasteiger partial charge in [0.2, 0.25) is 0 Å². The number of nitrogens with one attached hydrogen (secondary N) is 2. The molecular weight excluding hydrogens is 470 g/mol. The minimum Gasteiger partial charge on any atom is -0.348 e. The van der Waals surface area contributed by atoms with Crippen molar-refractivity contribution in [1.82, 2.24) is 15.1 Å². The maximum absolute atomic E-state index is 13.0. The summed E-state index contributed by atoms with van der Waals surface area (Å²) in [5.41, 5.74) is 1.70. The summed E-state index contributed by atoms with van der Waals surface area (Å²) in [5.74, 6) is -0.476. The van der Waals surface area contributed by atoms with E-state index in [9.17, 15) is 23.3 Å². The molecule has 0 bridgehead atoms. The monoisotopic (exact) mass is 491 g/mol. The molecule has 1 amide bonds. The number of rotatable bonds is 9. The summed E-state index contributed by atoms with van der Waals surface area (Å²) in [5, 5.41) is 18.1. The third kappa shape index (κ3) is 5.71. The fourth-order valence-corrected chi connectivity index (χ4v) is 4.58. The molecule has 0 unspecified atom stereocenters. The van der Waals surface area contributed by atoms with Crippen molar-refractivity contribution in [2.45, 2.75) is 18.0 Å². The van der Waals surface area contributed by atoms with E-state index in [0.29, 0.717) is 6.54 Å². The van der Waals surface area contributed by atoms with Gasteiger partial charge in [0.1, 0.15) is 0 Å². The molecule has 4 aromatic rings. The van der Waals surface area contributed by atoms with Crippen LogP contribution in [0.25, 0.3) is 0 Å². The van der Waals surface area contributed by atoms with Gasteiger partial charge < -0.3 is 5.32 Å². The van der Waals surface area contributed by atoms with Gasteiger partial charge in [-0.2, -0.15) is 5.10 Å². The molecular formula is C24H21N5O5S. The number of carbonyl (C=O) groups excluding carboxylic acids is 1. The number of non-ortho nitro benzene ring substituents is 1. The molecule has 0 atom stereocenters. The van der Waals surface area contributed by atoms with Gasteiger partial charge in [-0.3, -0.25) is 24.3 Å². The molecule has 10 nitrogen and oxygen atoms in total. The van der Waals surface area contributed by atoms with E-state index in [-0.39, 0.29) is 28.4 Å². The summed E-state index contributed by atoms with van der Waals surface area (Å²) >= 11 is 0. The number of hydrogen-bond donors (Lipinski definition) is 2. The Hall–Kier alpha value is -4.51. The topological polar surface area (TPSA) is 136 Å². The van der Waals surface area contributed by atoms with E-state index in [0.717, 1.165) is 17.2 Å². The van der Waals surface area contributed by atoms with Crippen LogP contribution in [-0.2, 0) is 23.1 Å². The van der Waals surface area contributed by atoms with Crippen molar-refractivity contribution >= 4 is 27.3 Å². The van der Waals surface area contributed by atoms with Gasteiger partial charge in [-0.05, 0) is 35.4 Å². The Morgan fingerprint density at radius 1 is 0.971 bits per heavy atom. The molecule has 1 aromatic heterocycles. The average molecular weight is 492 g/mol. The van der Waals surface area contributed by atoms with Gasteiger partial charge in [0.15, 0.2) is 0 Å². The third-order valence-electron chi connectivity index (χ3n) is 5.20. The van der Waals surface area contributed by atoms with Gasteiger partial charge in [-0.15, -0.1) is 0 Å². The van der Waals surface area contributed by atoms with Crippen LogP contribution in [0.3, 0.4) is 0 Å². The van der Waals surface area contributed by atoms with Crippen molar-refractivity contribution in [3.05, 3.63) is 118 Å². The highest BCUT2D eigenvalue weighted by Crippen LogP contribution is 2.23. The predicted octanol–water partition coefficient (Wildman–Crippen LogP) is 3.57. The lowest BCUT2D eigenvalue weighted by Gasteiger charge is -2.14. The smallest absolute Gasteiger partial charge is 0.270 e. The van der Waals surface area contributed by atoms with Crippen LogP contribution >= 0.6 is 0 Å². The van der Waals surface area contributed by atoms with E-state index in [1.807, 2.05) is 36.5 Å². The van der Waals surface area contributed by atoms with Crippen LogP contribution in [0.1, 0.15) is 21.5 Å².